The van der Waals surface area contributed by atoms with Gasteiger partial charge in [0.1, 0.15) is 23.7 Å². The molecule has 1 aliphatic rings. The van der Waals surface area contributed by atoms with Crippen LogP contribution in [0.3, 0.4) is 0 Å². The van der Waals surface area contributed by atoms with E-state index in [0.29, 0.717) is 6.42 Å². The van der Waals surface area contributed by atoms with Crippen molar-refractivity contribution in [3.05, 3.63) is 65.5 Å². The van der Waals surface area contributed by atoms with Gasteiger partial charge >= 0.3 is 5.97 Å². The summed E-state index contributed by atoms with van der Waals surface area (Å²) in [5.41, 5.74) is 0.876. The maximum Gasteiger partial charge on any atom is 0.342 e. The molecule has 0 aliphatic carbocycles. The minimum Gasteiger partial charge on any atom is -0.488 e. The fourth-order valence-electron chi connectivity index (χ4n) is 3.09. The Balaban J connectivity index is 1.57. The van der Waals surface area contributed by atoms with Gasteiger partial charge in [0, 0.05) is 13.1 Å². The molecule has 0 saturated carbocycles. The molecule has 0 radical (unpaired) electrons. The van der Waals surface area contributed by atoms with Gasteiger partial charge in [-0.05, 0) is 36.2 Å². The number of hydrogen-bond acceptors (Lipinski definition) is 6. The number of carbonyl (C=O) groups excluding carboxylic acids is 2. The minimum absolute atomic E-state index is 0.0494. The highest BCUT2D eigenvalue weighted by atomic mass is 32.2. The van der Waals surface area contributed by atoms with Crippen molar-refractivity contribution in [2.24, 2.45) is 0 Å². The van der Waals surface area contributed by atoms with E-state index < -0.39 is 34.4 Å². The van der Waals surface area contributed by atoms with E-state index in [1.54, 1.807) is 30.3 Å². The van der Waals surface area contributed by atoms with E-state index in [0.717, 1.165) is 5.56 Å². The molecule has 0 bridgehead atoms. The normalized spacial score (nSPS) is 17.3. The van der Waals surface area contributed by atoms with Gasteiger partial charge in [0.15, 0.2) is 16.4 Å². The molecule has 0 unspecified atom stereocenters. The Bertz CT molecular complexity index is 1020. The number of sulfone groups is 1. The maximum absolute atomic E-state index is 13.0. The highest BCUT2D eigenvalue weighted by Crippen LogP contribution is 2.21. The topological polar surface area (TPSA) is 90.0 Å². The summed E-state index contributed by atoms with van der Waals surface area (Å²) in [6.07, 6.45) is 0.374. The number of rotatable bonds is 7. The molecule has 1 heterocycles. The Morgan fingerprint density at radius 2 is 1.83 bits per heavy atom. The smallest absolute Gasteiger partial charge is 0.342 e. The monoisotopic (exact) mass is 435 g/mol. The molecular formula is C21H22FNO6S. The van der Waals surface area contributed by atoms with Gasteiger partial charge in [-0.3, -0.25) is 4.79 Å². The standard InChI is InChI=1S/C21H22FNO6S/c1-23(17-10-11-30(26,27)14-17)20(24)13-29-21(25)18-4-2-3-5-19(18)28-12-15-6-8-16(22)9-7-15/h2-9,17H,10-14H2,1H3/t17-/m1/s1. The Morgan fingerprint density at radius 3 is 2.50 bits per heavy atom. The van der Waals surface area contributed by atoms with E-state index in [4.69, 9.17) is 9.47 Å². The Hall–Kier alpha value is -2.94. The van der Waals surface area contributed by atoms with Crippen LogP contribution >= 0.6 is 0 Å². The van der Waals surface area contributed by atoms with E-state index in [9.17, 15) is 22.4 Å². The zero-order chi connectivity index (χ0) is 21.7. The quantitative estimate of drug-likeness (QED) is 0.620. The average Bonchev–Trinajstić information content (AvgIpc) is 3.10. The van der Waals surface area contributed by atoms with Gasteiger partial charge < -0.3 is 14.4 Å². The van der Waals surface area contributed by atoms with Crippen LogP contribution in [0, 0.1) is 5.82 Å². The summed E-state index contributed by atoms with van der Waals surface area (Å²) in [6, 6.07) is 11.8. The zero-order valence-electron chi connectivity index (χ0n) is 16.4. The number of benzene rings is 2. The molecule has 1 amide bonds. The second-order valence-corrected chi connectivity index (χ2v) is 9.28. The average molecular weight is 435 g/mol. The van der Waals surface area contributed by atoms with Crippen LogP contribution in [0.4, 0.5) is 4.39 Å². The van der Waals surface area contributed by atoms with Crippen LogP contribution in [-0.2, 0) is 26.0 Å². The van der Waals surface area contributed by atoms with Gasteiger partial charge in [-0.1, -0.05) is 24.3 Å². The Labute approximate surface area is 174 Å². The molecule has 9 heteroatoms. The summed E-state index contributed by atoms with van der Waals surface area (Å²) in [6.45, 7) is -0.374. The van der Waals surface area contributed by atoms with Crippen LogP contribution in [0.2, 0.25) is 0 Å². The van der Waals surface area contributed by atoms with Crippen LogP contribution in [0.25, 0.3) is 0 Å². The van der Waals surface area contributed by atoms with E-state index in [1.807, 2.05) is 0 Å². The summed E-state index contributed by atoms with van der Waals surface area (Å²) in [7, 11) is -1.62. The number of nitrogens with zero attached hydrogens (tertiary/aromatic N) is 1. The van der Waals surface area contributed by atoms with Gasteiger partial charge in [-0.15, -0.1) is 0 Å². The van der Waals surface area contributed by atoms with Crippen LogP contribution in [-0.4, -0.2) is 56.4 Å². The number of hydrogen-bond donors (Lipinski definition) is 0. The SMILES string of the molecule is CN(C(=O)COC(=O)c1ccccc1OCc1ccc(F)cc1)[C@@H]1CCS(=O)(=O)C1. The lowest BCUT2D eigenvalue weighted by Crippen LogP contribution is -2.40. The first-order chi connectivity index (χ1) is 14.2. The predicted molar refractivity (Wildman–Crippen MR) is 107 cm³/mol. The van der Waals surface area contributed by atoms with Crippen molar-refractivity contribution in [1.29, 1.82) is 0 Å². The van der Waals surface area contributed by atoms with Gasteiger partial charge in [0.05, 0.1) is 11.5 Å². The molecule has 2 aromatic carbocycles. The van der Waals surface area contributed by atoms with Crippen molar-refractivity contribution in [3.63, 3.8) is 0 Å². The minimum atomic E-state index is -3.12. The summed E-state index contributed by atoms with van der Waals surface area (Å²) in [5, 5.41) is 0. The second-order valence-electron chi connectivity index (χ2n) is 7.05. The highest BCUT2D eigenvalue weighted by molar-refractivity contribution is 7.91. The first-order valence-electron chi connectivity index (χ1n) is 9.34. The Morgan fingerprint density at radius 1 is 1.13 bits per heavy atom. The van der Waals surface area contributed by atoms with Crippen LogP contribution < -0.4 is 4.74 Å². The highest BCUT2D eigenvalue weighted by Gasteiger charge is 2.33. The first kappa shape index (κ1) is 21.8. The molecule has 160 valence electrons. The largest absolute Gasteiger partial charge is 0.488 e. The number of esters is 1. The van der Waals surface area contributed by atoms with E-state index in [-0.39, 0.29) is 35.2 Å². The second kappa shape index (κ2) is 9.25. The molecule has 2 aromatic rings. The van der Waals surface area contributed by atoms with Gasteiger partial charge in [0.25, 0.3) is 5.91 Å². The maximum atomic E-state index is 13.0. The van der Waals surface area contributed by atoms with E-state index in [1.165, 1.54) is 30.1 Å². The molecule has 1 aliphatic heterocycles. The number of amides is 1. The lowest BCUT2D eigenvalue weighted by molar-refractivity contribution is -0.134. The summed E-state index contributed by atoms with van der Waals surface area (Å²) in [4.78, 5) is 26.1. The Kier molecular flexibility index (Phi) is 6.71. The number of para-hydroxylation sites is 1. The molecule has 7 nitrogen and oxygen atoms in total. The molecular weight excluding hydrogens is 413 g/mol. The molecule has 0 N–H and O–H groups in total. The molecule has 0 spiro atoms. The molecule has 1 atom stereocenters. The molecule has 1 saturated heterocycles. The lowest BCUT2D eigenvalue weighted by atomic mass is 10.2. The molecule has 0 aromatic heterocycles. The van der Waals surface area contributed by atoms with Crippen molar-refractivity contribution in [1.82, 2.24) is 4.90 Å². The zero-order valence-corrected chi connectivity index (χ0v) is 17.2. The molecule has 1 fully saturated rings. The first-order valence-corrected chi connectivity index (χ1v) is 11.2. The van der Waals surface area contributed by atoms with Gasteiger partial charge in [-0.2, -0.15) is 0 Å². The number of halogens is 1. The fourth-order valence-corrected chi connectivity index (χ4v) is 4.87. The van der Waals surface area contributed by atoms with Crippen molar-refractivity contribution in [2.45, 2.75) is 19.1 Å². The molecule has 30 heavy (non-hydrogen) atoms. The van der Waals surface area contributed by atoms with Crippen LogP contribution in [0.5, 0.6) is 5.75 Å². The van der Waals surface area contributed by atoms with Gasteiger partial charge in [-0.25, -0.2) is 17.6 Å². The predicted octanol–water partition coefficient (Wildman–Crippen LogP) is 2.21. The molecule has 3 rings (SSSR count). The van der Waals surface area contributed by atoms with Crippen molar-refractivity contribution >= 4 is 21.7 Å². The number of likely N-dealkylation sites (N-methyl/N-ethyl adjacent to an activating group) is 1. The van der Waals surface area contributed by atoms with E-state index >= 15 is 0 Å². The third-order valence-electron chi connectivity index (χ3n) is 4.89. The van der Waals surface area contributed by atoms with Gasteiger partial charge in [0.2, 0.25) is 0 Å². The van der Waals surface area contributed by atoms with E-state index in [2.05, 4.69) is 0 Å². The van der Waals surface area contributed by atoms with Crippen molar-refractivity contribution < 1.29 is 31.9 Å². The van der Waals surface area contributed by atoms with Crippen LogP contribution in [0.1, 0.15) is 22.3 Å². The number of carbonyl (C=O) groups is 2. The van der Waals surface area contributed by atoms with Crippen molar-refractivity contribution in [2.75, 3.05) is 25.2 Å². The third-order valence-corrected chi connectivity index (χ3v) is 6.64. The summed E-state index contributed by atoms with van der Waals surface area (Å²) in [5.74, 6) is -1.32. The third kappa shape index (κ3) is 5.56. The fraction of sp³-hybridized carbons (Fsp3) is 0.333. The number of ether oxygens (including phenoxy) is 2. The van der Waals surface area contributed by atoms with Crippen molar-refractivity contribution in [3.8, 4) is 5.75 Å². The van der Waals surface area contributed by atoms with Crippen LogP contribution in [0.15, 0.2) is 48.5 Å². The summed E-state index contributed by atoms with van der Waals surface area (Å²) >= 11 is 0. The lowest BCUT2D eigenvalue weighted by Gasteiger charge is -2.23. The summed E-state index contributed by atoms with van der Waals surface area (Å²) < 4.78 is 46.9.